The molecule has 0 bridgehead atoms. The molecule has 0 aliphatic carbocycles. The average Bonchev–Trinajstić information content (AvgIpc) is 2.05. The van der Waals surface area contributed by atoms with Crippen LogP contribution in [0, 0.1) is 0 Å². The number of phenols is 1. The first-order valence-corrected chi connectivity index (χ1v) is 5.63. The fourth-order valence-corrected chi connectivity index (χ4v) is 1.49. The molecule has 15 heavy (non-hydrogen) atoms. The minimum atomic E-state index is -4.79. The van der Waals surface area contributed by atoms with Crippen LogP contribution >= 0.6 is 0 Å². The molecule has 0 spiro atoms. The highest BCUT2D eigenvalue weighted by molar-refractivity contribution is 7.86. The summed E-state index contributed by atoms with van der Waals surface area (Å²) in [6.45, 7) is 3.50. The molecule has 1 N–H and O–H groups in total. The highest BCUT2D eigenvalue weighted by Gasteiger charge is 2.15. The Kier molecular flexibility index (Phi) is 3.18. The van der Waals surface area contributed by atoms with Crippen LogP contribution in [0.2, 0.25) is 0 Å². The van der Waals surface area contributed by atoms with E-state index < -0.39 is 20.9 Å². The third kappa shape index (κ3) is 3.09. The lowest BCUT2D eigenvalue weighted by molar-refractivity contribution is 0.231. The number of benzene rings is 1. The fourth-order valence-electron chi connectivity index (χ4n) is 1.00. The average molecular weight is 234 g/mol. The van der Waals surface area contributed by atoms with Crippen LogP contribution in [-0.2, 0) is 10.2 Å². The lowest BCUT2D eigenvalue weighted by Crippen LogP contribution is -2.05. The van der Waals surface area contributed by atoms with Crippen LogP contribution in [0.1, 0.15) is 13.8 Å². The normalized spacial score (nSPS) is 11.7. The second-order valence-electron chi connectivity index (χ2n) is 3.23. The Labute approximate surface area is 87.5 Å². The lowest BCUT2D eigenvalue weighted by atomic mass is 10.3. The van der Waals surface area contributed by atoms with Crippen molar-refractivity contribution < 1.29 is 22.1 Å². The van der Waals surface area contributed by atoms with Crippen LogP contribution in [0.25, 0.3) is 0 Å². The van der Waals surface area contributed by atoms with Gasteiger partial charge in [-0.3, -0.25) is 0 Å². The number of rotatable bonds is 3. The van der Waals surface area contributed by atoms with E-state index in [1.54, 1.807) is 13.8 Å². The van der Waals surface area contributed by atoms with E-state index in [-0.39, 0.29) is 11.9 Å². The van der Waals surface area contributed by atoms with E-state index in [4.69, 9.17) is 4.74 Å². The van der Waals surface area contributed by atoms with E-state index in [0.717, 1.165) is 12.1 Å². The molecular formula is C9H11FO4S. The van der Waals surface area contributed by atoms with Crippen molar-refractivity contribution in [1.82, 2.24) is 0 Å². The summed E-state index contributed by atoms with van der Waals surface area (Å²) in [5.41, 5.74) is 0. The van der Waals surface area contributed by atoms with Gasteiger partial charge in [-0.05, 0) is 26.0 Å². The topological polar surface area (TPSA) is 63.6 Å². The number of hydrogen-bond acceptors (Lipinski definition) is 4. The summed E-state index contributed by atoms with van der Waals surface area (Å²) in [6.07, 6.45) is -0.163. The molecule has 0 unspecified atom stereocenters. The second-order valence-corrected chi connectivity index (χ2v) is 4.58. The van der Waals surface area contributed by atoms with Crippen molar-refractivity contribution in [2.24, 2.45) is 0 Å². The fraction of sp³-hybridized carbons (Fsp3) is 0.333. The van der Waals surface area contributed by atoms with Crippen LogP contribution in [0.4, 0.5) is 3.89 Å². The van der Waals surface area contributed by atoms with Gasteiger partial charge in [0.1, 0.15) is 4.90 Å². The molecule has 0 heterocycles. The molecule has 1 aromatic carbocycles. The SMILES string of the molecule is CC(C)Oc1ccc(S(=O)(=O)F)cc1O. The molecule has 0 amide bonds. The van der Waals surface area contributed by atoms with Crippen molar-refractivity contribution in [2.75, 3.05) is 0 Å². The highest BCUT2D eigenvalue weighted by Crippen LogP contribution is 2.29. The van der Waals surface area contributed by atoms with Gasteiger partial charge in [0.2, 0.25) is 0 Å². The predicted molar refractivity (Wildman–Crippen MR) is 52.2 cm³/mol. The van der Waals surface area contributed by atoms with Crippen molar-refractivity contribution in [2.45, 2.75) is 24.8 Å². The summed E-state index contributed by atoms with van der Waals surface area (Å²) < 4.78 is 38.7. The van der Waals surface area contributed by atoms with Crippen molar-refractivity contribution >= 4 is 10.2 Å². The van der Waals surface area contributed by atoms with Crippen molar-refractivity contribution in [1.29, 1.82) is 0 Å². The van der Waals surface area contributed by atoms with E-state index >= 15 is 0 Å². The van der Waals surface area contributed by atoms with Gasteiger partial charge in [-0.1, -0.05) is 0 Å². The third-order valence-electron chi connectivity index (χ3n) is 1.57. The quantitative estimate of drug-likeness (QED) is 0.810. The molecule has 84 valence electrons. The Balaban J connectivity index is 3.09. The third-order valence-corrected chi connectivity index (χ3v) is 2.39. The maximum atomic E-state index is 12.5. The minimum absolute atomic E-state index is 0.123. The van der Waals surface area contributed by atoms with Gasteiger partial charge < -0.3 is 9.84 Å². The van der Waals surface area contributed by atoms with Crippen LogP contribution in [0.15, 0.2) is 23.1 Å². The van der Waals surface area contributed by atoms with Gasteiger partial charge in [0.25, 0.3) is 0 Å². The lowest BCUT2D eigenvalue weighted by Gasteiger charge is -2.11. The summed E-state index contributed by atoms with van der Waals surface area (Å²) in [5.74, 6) is -0.278. The maximum absolute atomic E-state index is 12.5. The zero-order valence-corrected chi connectivity index (χ0v) is 9.08. The minimum Gasteiger partial charge on any atom is -0.504 e. The van der Waals surface area contributed by atoms with Gasteiger partial charge in [0, 0.05) is 6.07 Å². The number of halogens is 1. The van der Waals surface area contributed by atoms with Crippen molar-refractivity contribution in [3.63, 3.8) is 0 Å². The Morgan fingerprint density at radius 1 is 1.40 bits per heavy atom. The number of phenolic OH excluding ortho intramolecular Hbond substituents is 1. The summed E-state index contributed by atoms with van der Waals surface area (Å²) in [6, 6.07) is 3.06. The predicted octanol–water partition coefficient (Wildman–Crippen LogP) is 1.84. The van der Waals surface area contributed by atoms with Gasteiger partial charge in [0.15, 0.2) is 11.5 Å². The van der Waals surface area contributed by atoms with Gasteiger partial charge in [0.05, 0.1) is 6.10 Å². The van der Waals surface area contributed by atoms with E-state index in [1.807, 2.05) is 0 Å². The molecule has 0 fully saturated rings. The molecule has 0 saturated heterocycles. The zero-order chi connectivity index (χ0) is 11.6. The first kappa shape index (κ1) is 11.8. The molecule has 1 rings (SSSR count). The van der Waals surface area contributed by atoms with E-state index in [2.05, 4.69) is 0 Å². The Morgan fingerprint density at radius 2 is 2.00 bits per heavy atom. The number of hydrogen-bond donors (Lipinski definition) is 1. The molecule has 4 nitrogen and oxygen atoms in total. The molecule has 0 radical (unpaired) electrons. The van der Waals surface area contributed by atoms with Gasteiger partial charge in [-0.25, -0.2) is 0 Å². The maximum Gasteiger partial charge on any atom is 0.332 e. The molecule has 0 aliphatic rings. The standard InChI is InChI=1S/C9H11FO4S/c1-6(2)14-9-4-3-7(5-8(9)11)15(10,12)13/h3-6,11H,1-2H3. The molecular weight excluding hydrogens is 223 g/mol. The summed E-state index contributed by atoms with van der Waals surface area (Å²) >= 11 is 0. The van der Waals surface area contributed by atoms with Crippen molar-refractivity contribution in [3.05, 3.63) is 18.2 Å². The zero-order valence-electron chi connectivity index (χ0n) is 8.27. The Morgan fingerprint density at radius 3 is 2.40 bits per heavy atom. The summed E-state index contributed by atoms with van der Waals surface area (Å²) in [7, 11) is -4.79. The summed E-state index contributed by atoms with van der Waals surface area (Å²) in [4.78, 5) is -0.587. The van der Waals surface area contributed by atoms with E-state index in [1.165, 1.54) is 6.07 Å². The molecule has 0 aromatic heterocycles. The Hall–Kier alpha value is -1.30. The van der Waals surface area contributed by atoms with Crippen LogP contribution in [-0.4, -0.2) is 19.6 Å². The molecule has 0 saturated carbocycles. The van der Waals surface area contributed by atoms with Crippen LogP contribution in [0.3, 0.4) is 0 Å². The van der Waals surface area contributed by atoms with Crippen LogP contribution < -0.4 is 4.74 Å². The molecule has 0 atom stereocenters. The second kappa shape index (κ2) is 4.06. The van der Waals surface area contributed by atoms with Gasteiger partial charge in [-0.2, -0.15) is 8.42 Å². The van der Waals surface area contributed by atoms with Crippen molar-refractivity contribution in [3.8, 4) is 11.5 Å². The Bertz CT molecular complexity index is 453. The smallest absolute Gasteiger partial charge is 0.332 e. The number of aromatic hydroxyl groups is 1. The first-order chi connectivity index (χ1) is 6.80. The van der Waals surface area contributed by atoms with E-state index in [0.29, 0.717) is 0 Å². The van der Waals surface area contributed by atoms with Gasteiger partial charge >= 0.3 is 10.2 Å². The molecule has 6 heteroatoms. The van der Waals surface area contributed by atoms with Crippen LogP contribution in [0.5, 0.6) is 11.5 Å². The van der Waals surface area contributed by atoms with E-state index in [9.17, 15) is 17.4 Å². The summed E-state index contributed by atoms with van der Waals surface area (Å²) in [5, 5.41) is 9.35. The number of ether oxygens (including phenoxy) is 1. The first-order valence-electron chi connectivity index (χ1n) is 4.25. The highest BCUT2D eigenvalue weighted by atomic mass is 32.3. The monoisotopic (exact) mass is 234 g/mol. The van der Waals surface area contributed by atoms with Gasteiger partial charge in [-0.15, -0.1) is 3.89 Å². The largest absolute Gasteiger partial charge is 0.504 e. The molecule has 1 aromatic rings. The molecule has 0 aliphatic heterocycles.